The van der Waals surface area contributed by atoms with Crippen molar-refractivity contribution in [3.63, 3.8) is 0 Å². The van der Waals surface area contributed by atoms with E-state index in [-0.39, 0.29) is 0 Å². The molecule has 0 spiro atoms. The van der Waals surface area contributed by atoms with Crippen LogP contribution in [0.3, 0.4) is 0 Å². The zero-order chi connectivity index (χ0) is 15.6. The highest BCUT2D eigenvalue weighted by atomic mass is 16.3. The van der Waals surface area contributed by atoms with Crippen LogP contribution in [0, 0.1) is 18.3 Å². The third-order valence-corrected chi connectivity index (χ3v) is 3.90. The highest BCUT2D eigenvalue weighted by Crippen LogP contribution is 2.27. The molecule has 0 saturated carbocycles. The first-order valence-electron chi connectivity index (χ1n) is 7.15. The molecule has 0 atom stereocenters. The molecule has 2 aromatic heterocycles. The molecule has 0 bridgehead atoms. The van der Waals surface area contributed by atoms with Gasteiger partial charge < -0.3 is 10.0 Å². The van der Waals surface area contributed by atoms with Crippen LogP contribution in [0.2, 0.25) is 0 Å². The molecule has 1 N–H and O–H groups in total. The number of aryl methyl sites for hydroxylation is 1. The van der Waals surface area contributed by atoms with E-state index in [1.165, 1.54) is 0 Å². The van der Waals surface area contributed by atoms with Gasteiger partial charge in [-0.15, -0.1) is 5.10 Å². The summed E-state index contributed by atoms with van der Waals surface area (Å²) in [5.74, 6) is 0.593. The van der Waals surface area contributed by atoms with Crippen molar-refractivity contribution < 1.29 is 5.11 Å². The van der Waals surface area contributed by atoms with Crippen molar-refractivity contribution in [3.05, 3.63) is 30.0 Å². The fourth-order valence-electron chi connectivity index (χ4n) is 2.69. The standard InChI is InChI=1S/C14H17N7O/c1-11-9-16-13(12(8-15)18-11)20-5-2-14(22,3-6-20)10-21-7-4-17-19-21/h4,7,9,22H,2-3,5-6,10H2,1H3. The highest BCUT2D eigenvalue weighted by molar-refractivity contribution is 5.50. The number of aliphatic hydroxyl groups is 1. The molecule has 1 saturated heterocycles. The normalized spacial score (nSPS) is 17.2. The van der Waals surface area contributed by atoms with Crippen molar-refractivity contribution in [2.24, 2.45) is 0 Å². The summed E-state index contributed by atoms with van der Waals surface area (Å²) in [6, 6.07) is 2.09. The molecule has 8 heteroatoms. The van der Waals surface area contributed by atoms with Gasteiger partial charge in [0.05, 0.1) is 30.2 Å². The zero-order valence-corrected chi connectivity index (χ0v) is 12.3. The molecule has 1 aliphatic heterocycles. The minimum Gasteiger partial charge on any atom is -0.388 e. The monoisotopic (exact) mass is 299 g/mol. The lowest BCUT2D eigenvalue weighted by atomic mass is 9.91. The van der Waals surface area contributed by atoms with Gasteiger partial charge in [-0.2, -0.15) is 5.26 Å². The van der Waals surface area contributed by atoms with E-state index in [4.69, 9.17) is 0 Å². The maximum atomic E-state index is 10.7. The molecule has 114 valence electrons. The molecule has 22 heavy (non-hydrogen) atoms. The van der Waals surface area contributed by atoms with Crippen LogP contribution >= 0.6 is 0 Å². The Balaban J connectivity index is 1.70. The lowest BCUT2D eigenvalue weighted by Gasteiger charge is -2.38. The van der Waals surface area contributed by atoms with Crippen LogP contribution in [0.4, 0.5) is 5.82 Å². The molecule has 3 heterocycles. The summed E-state index contributed by atoms with van der Waals surface area (Å²) in [5.41, 5.74) is 0.247. The largest absolute Gasteiger partial charge is 0.388 e. The van der Waals surface area contributed by atoms with E-state index >= 15 is 0 Å². The molecule has 0 aromatic carbocycles. The lowest BCUT2D eigenvalue weighted by Crippen LogP contribution is -2.47. The smallest absolute Gasteiger partial charge is 0.183 e. The number of anilines is 1. The Hall–Kier alpha value is -2.53. The summed E-state index contributed by atoms with van der Waals surface area (Å²) < 4.78 is 1.64. The number of piperidine rings is 1. The van der Waals surface area contributed by atoms with Crippen molar-refractivity contribution in [1.82, 2.24) is 25.0 Å². The molecule has 0 unspecified atom stereocenters. The van der Waals surface area contributed by atoms with Crippen molar-refractivity contribution in [1.29, 1.82) is 5.26 Å². The van der Waals surface area contributed by atoms with Gasteiger partial charge in [0.25, 0.3) is 0 Å². The molecule has 0 amide bonds. The number of hydrogen-bond donors (Lipinski definition) is 1. The van der Waals surface area contributed by atoms with Gasteiger partial charge in [-0.25, -0.2) is 14.6 Å². The first-order chi connectivity index (χ1) is 10.6. The highest BCUT2D eigenvalue weighted by Gasteiger charge is 2.34. The minimum atomic E-state index is -0.810. The number of hydrogen-bond acceptors (Lipinski definition) is 7. The molecular formula is C14H17N7O. The second-order valence-corrected chi connectivity index (χ2v) is 5.61. The predicted octanol–water partition coefficient (Wildman–Crippen LogP) is 0.280. The van der Waals surface area contributed by atoms with Crippen molar-refractivity contribution in [2.45, 2.75) is 31.9 Å². The summed E-state index contributed by atoms with van der Waals surface area (Å²) in [6.07, 6.45) is 6.15. The Morgan fingerprint density at radius 2 is 2.18 bits per heavy atom. The first-order valence-corrected chi connectivity index (χ1v) is 7.15. The molecular weight excluding hydrogens is 282 g/mol. The van der Waals surface area contributed by atoms with E-state index in [1.54, 1.807) is 23.3 Å². The van der Waals surface area contributed by atoms with Gasteiger partial charge in [0.15, 0.2) is 11.5 Å². The number of nitrogens with zero attached hydrogens (tertiary/aromatic N) is 7. The zero-order valence-electron chi connectivity index (χ0n) is 12.3. The lowest BCUT2D eigenvalue weighted by molar-refractivity contribution is -0.00357. The molecule has 2 aromatic rings. The average Bonchev–Trinajstić information content (AvgIpc) is 3.00. The summed E-state index contributed by atoms with van der Waals surface area (Å²) in [4.78, 5) is 10.5. The number of rotatable bonds is 3. The van der Waals surface area contributed by atoms with Gasteiger partial charge in [0.2, 0.25) is 0 Å². The van der Waals surface area contributed by atoms with Gasteiger partial charge in [-0.1, -0.05) is 5.21 Å². The van der Waals surface area contributed by atoms with Crippen LogP contribution < -0.4 is 4.90 Å². The second kappa shape index (κ2) is 5.69. The summed E-state index contributed by atoms with van der Waals surface area (Å²) in [7, 11) is 0. The Kier molecular flexibility index (Phi) is 3.73. The van der Waals surface area contributed by atoms with Gasteiger partial charge in [0, 0.05) is 19.3 Å². The van der Waals surface area contributed by atoms with Gasteiger partial charge in [0.1, 0.15) is 6.07 Å². The maximum absolute atomic E-state index is 10.7. The summed E-state index contributed by atoms with van der Waals surface area (Å²) in [6.45, 7) is 3.48. The molecule has 8 nitrogen and oxygen atoms in total. The molecule has 0 aliphatic carbocycles. The van der Waals surface area contributed by atoms with E-state index in [9.17, 15) is 10.4 Å². The van der Waals surface area contributed by atoms with Crippen LogP contribution in [-0.4, -0.2) is 48.8 Å². The van der Waals surface area contributed by atoms with E-state index in [2.05, 4.69) is 26.3 Å². The van der Waals surface area contributed by atoms with Gasteiger partial charge in [-0.05, 0) is 19.8 Å². The molecule has 1 fully saturated rings. The third-order valence-electron chi connectivity index (χ3n) is 3.90. The predicted molar refractivity (Wildman–Crippen MR) is 77.9 cm³/mol. The fourth-order valence-corrected chi connectivity index (χ4v) is 2.69. The van der Waals surface area contributed by atoms with E-state index in [0.717, 1.165) is 5.69 Å². The number of nitriles is 1. The molecule has 1 aliphatic rings. The topological polar surface area (TPSA) is 104 Å². The van der Waals surface area contributed by atoms with Gasteiger partial charge >= 0.3 is 0 Å². The summed E-state index contributed by atoms with van der Waals surface area (Å²) >= 11 is 0. The van der Waals surface area contributed by atoms with Crippen molar-refractivity contribution >= 4 is 5.82 Å². The minimum absolute atomic E-state index is 0.335. The second-order valence-electron chi connectivity index (χ2n) is 5.61. The van der Waals surface area contributed by atoms with Crippen molar-refractivity contribution in [3.8, 4) is 6.07 Å². The Labute approximate surface area is 128 Å². The van der Waals surface area contributed by atoms with Crippen LogP contribution in [0.25, 0.3) is 0 Å². The van der Waals surface area contributed by atoms with Crippen molar-refractivity contribution in [2.75, 3.05) is 18.0 Å². The van der Waals surface area contributed by atoms with E-state index in [0.29, 0.717) is 44.0 Å². The Morgan fingerprint density at radius 1 is 1.41 bits per heavy atom. The Morgan fingerprint density at radius 3 is 2.82 bits per heavy atom. The first kappa shape index (κ1) is 14.4. The summed E-state index contributed by atoms with van der Waals surface area (Å²) in [5, 5.41) is 27.5. The van der Waals surface area contributed by atoms with Crippen LogP contribution in [0.15, 0.2) is 18.6 Å². The van der Waals surface area contributed by atoms with Gasteiger partial charge in [-0.3, -0.25) is 0 Å². The maximum Gasteiger partial charge on any atom is 0.183 e. The van der Waals surface area contributed by atoms with E-state index < -0.39 is 5.60 Å². The number of aromatic nitrogens is 5. The van der Waals surface area contributed by atoms with Crippen LogP contribution in [0.1, 0.15) is 24.2 Å². The SMILES string of the molecule is Cc1cnc(N2CCC(O)(Cn3ccnn3)CC2)c(C#N)n1. The average molecular weight is 299 g/mol. The fraction of sp³-hybridized carbons (Fsp3) is 0.500. The Bertz CT molecular complexity index is 684. The third kappa shape index (κ3) is 2.89. The van der Waals surface area contributed by atoms with Crippen LogP contribution in [0.5, 0.6) is 0 Å². The van der Waals surface area contributed by atoms with E-state index in [1.807, 2.05) is 11.8 Å². The van der Waals surface area contributed by atoms with Crippen LogP contribution in [-0.2, 0) is 6.54 Å². The quantitative estimate of drug-likeness (QED) is 0.868. The molecule has 0 radical (unpaired) electrons. The molecule has 3 rings (SSSR count).